The standard InChI is InChI=1S/C14H12F3N3O2/c1-18-14(21)20-12-2-3-22-6-8(12)13(19-20)7-4-10(16)11(17)5-9(7)15/h4-5H,2-3,6H2,1H3,(H,18,21). The van der Waals surface area contributed by atoms with Crippen molar-refractivity contribution in [2.45, 2.75) is 13.0 Å². The van der Waals surface area contributed by atoms with E-state index in [-0.39, 0.29) is 17.9 Å². The Morgan fingerprint density at radius 3 is 2.73 bits per heavy atom. The fourth-order valence-electron chi connectivity index (χ4n) is 2.43. The van der Waals surface area contributed by atoms with Gasteiger partial charge in [-0.15, -0.1) is 0 Å². The van der Waals surface area contributed by atoms with Crippen LogP contribution in [0.2, 0.25) is 0 Å². The van der Waals surface area contributed by atoms with Gasteiger partial charge in [0, 0.05) is 30.7 Å². The quantitative estimate of drug-likeness (QED) is 0.822. The molecule has 1 aliphatic rings. The molecule has 0 radical (unpaired) electrons. The predicted octanol–water partition coefficient (Wildman–Crippen LogP) is 2.23. The number of amides is 1. The molecule has 0 aliphatic carbocycles. The lowest BCUT2D eigenvalue weighted by molar-refractivity contribution is 0.109. The van der Waals surface area contributed by atoms with E-state index in [9.17, 15) is 18.0 Å². The molecule has 0 unspecified atom stereocenters. The maximum Gasteiger partial charge on any atom is 0.342 e. The molecule has 1 N–H and O–H groups in total. The maximum absolute atomic E-state index is 14.0. The summed E-state index contributed by atoms with van der Waals surface area (Å²) in [5.41, 5.74) is 0.947. The number of carbonyl (C=O) groups is 1. The van der Waals surface area contributed by atoms with Gasteiger partial charge in [0.2, 0.25) is 0 Å². The van der Waals surface area contributed by atoms with Crippen LogP contribution in [0.3, 0.4) is 0 Å². The lowest BCUT2D eigenvalue weighted by Gasteiger charge is -2.14. The molecule has 0 fully saturated rings. The molecule has 116 valence electrons. The highest BCUT2D eigenvalue weighted by Gasteiger charge is 2.27. The molecule has 1 aliphatic heterocycles. The van der Waals surface area contributed by atoms with Crippen LogP contribution >= 0.6 is 0 Å². The highest BCUT2D eigenvalue weighted by atomic mass is 19.2. The number of fused-ring (bicyclic) bond motifs is 1. The number of aromatic nitrogens is 2. The monoisotopic (exact) mass is 311 g/mol. The van der Waals surface area contributed by atoms with Crippen LogP contribution in [0.5, 0.6) is 0 Å². The number of nitrogens with zero attached hydrogens (tertiary/aromatic N) is 2. The van der Waals surface area contributed by atoms with Crippen LogP contribution in [0, 0.1) is 17.5 Å². The fourth-order valence-corrected chi connectivity index (χ4v) is 2.43. The highest BCUT2D eigenvalue weighted by Crippen LogP contribution is 2.31. The van der Waals surface area contributed by atoms with Gasteiger partial charge in [-0.3, -0.25) is 0 Å². The molecule has 1 amide bonds. The number of hydrogen-bond acceptors (Lipinski definition) is 3. The number of benzene rings is 1. The van der Waals surface area contributed by atoms with Crippen LogP contribution in [0.15, 0.2) is 12.1 Å². The van der Waals surface area contributed by atoms with Crippen LogP contribution in [-0.2, 0) is 17.8 Å². The van der Waals surface area contributed by atoms with Gasteiger partial charge in [-0.25, -0.2) is 18.0 Å². The zero-order valence-electron chi connectivity index (χ0n) is 11.6. The molecule has 22 heavy (non-hydrogen) atoms. The number of carbonyl (C=O) groups excluding carboxylic acids is 1. The Labute approximate surface area is 123 Å². The minimum atomic E-state index is -1.28. The smallest absolute Gasteiger partial charge is 0.342 e. The largest absolute Gasteiger partial charge is 0.376 e. The molecule has 0 atom stereocenters. The summed E-state index contributed by atoms with van der Waals surface area (Å²) in [6.45, 7) is 0.523. The SMILES string of the molecule is CNC(=O)n1nc(-c2cc(F)c(F)cc2F)c2c1CCOC2. The van der Waals surface area contributed by atoms with Gasteiger partial charge in [0.25, 0.3) is 0 Å². The Bertz CT molecular complexity index is 758. The number of ether oxygens (including phenoxy) is 1. The van der Waals surface area contributed by atoms with Crippen molar-refractivity contribution in [2.75, 3.05) is 13.7 Å². The van der Waals surface area contributed by atoms with Gasteiger partial charge < -0.3 is 10.1 Å². The first-order valence-electron chi connectivity index (χ1n) is 6.58. The molecule has 3 rings (SSSR count). The van der Waals surface area contributed by atoms with Crippen LogP contribution < -0.4 is 5.32 Å². The van der Waals surface area contributed by atoms with Crippen molar-refractivity contribution < 1.29 is 22.7 Å². The first kappa shape index (κ1) is 14.6. The van der Waals surface area contributed by atoms with Crippen molar-refractivity contribution in [3.05, 3.63) is 40.8 Å². The molecular weight excluding hydrogens is 299 g/mol. The van der Waals surface area contributed by atoms with Crippen molar-refractivity contribution in [1.29, 1.82) is 0 Å². The molecule has 5 nitrogen and oxygen atoms in total. The third kappa shape index (κ3) is 2.25. The second-order valence-corrected chi connectivity index (χ2v) is 4.79. The van der Waals surface area contributed by atoms with E-state index in [1.807, 2.05) is 0 Å². The molecule has 0 saturated carbocycles. The van der Waals surface area contributed by atoms with Crippen molar-refractivity contribution in [2.24, 2.45) is 0 Å². The summed E-state index contributed by atoms with van der Waals surface area (Å²) in [6.07, 6.45) is 0.418. The van der Waals surface area contributed by atoms with E-state index in [4.69, 9.17) is 4.74 Å². The molecule has 1 aromatic heterocycles. The van der Waals surface area contributed by atoms with Gasteiger partial charge in [0.15, 0.2) is 11.6 Å². The summed E-state index contributed by atoms with van der Waals surface area (Å²) in [6, 6.07) is 0.697. The second-order valence-electron chi connectivity index (χ2n) is 4.79. The van der Waals surface area contributed by atoms with E-state index >= 15 is 0 Å². The van der Waals surface area contributed by atoms with Gasteiger partial charge in [-0.05, 0) is 6.07 Å². The Morgan fingerprint density at radius 2 is 2.00 bits per heavy atom. The third-order valence-electron chi connectivity index (χ3n) is 3.49. The summed E-state index contributed by atoms with van der Waals surface area (Å²) < 4.78 is 46.9. The zero-order valence-corrected chi connectivity index (χ0v) is 11.6. The van der Waals surface area contributed by atoms with Gasteiger partial charge in [0.05, 0.1) is 18.9 Å². The average molecular weight is 311 g/mol. The molecular formula is C14H12F3N3O2. The summed E-state index contributed by atoms with van der Waals surface area (Å²) in [7, 11) is 1.44. The van der Waals surface area contributed by atoms with Crippen molar-refractivity contribution in [1.82, 2.24) is 15.1 Å². The minimum Gasteiger partial charge on any atom is -0.376 e. The zero-order chi connectivity index (χ0) is 15.9. The average Bonchev–Trinajstić information content (AvgIpc) is 2.90. The van der Waals surface area contributed by atoms with E-state index in [1.54, 1.807) is 0 Å². The van der Waals surface area contributed by atoms with E-state index in [0.29, 0.717) is 30.4 Å². The lowest BCUT2D eigenvalue weighted by atomic mass is 10.0. The van der Waals surface area contributed by atoms with Gasteiger partial charge in [-0.1, -0.05) is 0 Å². The van der Waals surface area contributed by atoms with Crippen molar-refractivity contribution in [3.63, 3.8) is 0 Å². The number of rotatable bonds is 1. The molecule has 8 heteroatoms. The van der Waals surface area contributed by atoms with Crippen LogP contribution in [0.4, 0.5) is 18.0 Å². The number of hydrogen-bond donors (Lipinski definition) is 1. The third-order valence-corrected chi connectivity index (χ3v) is 3.49. The van der Waals surface area contributed by atoms with E-state index in [1.165, 1.54) is 7.05 Å². The summed E-state index contributed by atoms with van der Waals surface area (Å²) >= 11 is 0. The van der Waals surface area contributed by atoms with Crippen LogP contribution in [0.25, 0.3) is 11.3 Å². The van der Waals surface area contributed by atoms with E-state index < -0.39 is 23.5 Å². The molecule has 0 saturated heterocycles. The first-order valence-corrected chi connectivity index (χ1v) is 6.58. The Kier molecular flexibility index (Phi) is 3.61. The highest BCUT2D eigenvalue weighted by molar-refractivity contribution is 5.79. The summed E-state index contributed by atoms with van der Waals surface area (Å²) in [5.74, 6) is -3.41. The van der Waals surface area contributed by atoms with Crippen LogP contribution in [-0.4, -0.2) is 29.5 Å². The summed E-state index contributed by atoms with van der Waals surface area (Å²) in [4.78, 5) is 11.9. The number of nitrogens with one attached hydrogen (secondary N) is 1. The van der Waals surface area contributed by atoms with E-state index in [2.05, 4.69) is 10.4 Å². The van der Waals surface area contributed by atoms with Gasteiger partial charge in [-0.2, -0.15) is 9.78 Å². The van der Waals surface area contributed by atoms with Crippen molar-refractivity contribution in [3.8, 4) is 11.3 Å². The predicted molar refractivity (Wildman–Crippen MR) is 70.8 cm³/mol. The Morgan fingerprint density at radius 1 is 1.27 bits per heavy atom. The molecule has 1 aromatic carbocycles. The molecule has 0 bridgehead atoms. The van der Waals surface area contributed by atoms with Crippen molar-refractivity contribution >= 4 is 6.03 Å². The first-order chi connectivity index (χ1) is 10.5. The summed E-state index contributed by atoms with van der Waals surface area (Å²) in [5, 5.41) is 6.48. The Balaban J connectivity index is 2.21. The topological polar surface area (TPSA) is 56.2 Å². The fraction of sp³-hybridized carbons (Fsp3) is 0.286. The second kappa shape index (κ2) is 5.45. The number of halogens is 3. The van der Waals surface area contributed by atoms with Gasteiger partial charge in [0.1, 0.15) is 11.5 Å². The Hall–Kier alpha value is -2.35. The lowest BCUT2D eigenvalue weighted by Crippen LogP contribution is -2.28. The normalized spacial score (nSPS) is 13.8. The maximum atomic E-state index is 14.0. The molecule has 0 spiro atoms. The van der Waals surface area contributed by atoms with Gasteiger partial charge >= 0.3 is 6.03 Å². The molecule has 2 aromatic rings. The minimum absolute atomic E-state index is 0.0784. The molecule has 2 heterocycles. The van der Waals surface area contributed by atoms with Crippen LogP contribution in [0.1, 0.15) is 11.3 Å². The van der Waals surface area contributed by atoms with E-state index in [0.717, 1.165) is 10.7 Å².